The molecule has 0 unspecified atom stereocenters. The maximum Gasteiger partial charge on any atom is 0.275 e. The van der Waals surface area contributed by atoms with Crippen molar-refractivity contribution >= 4 is 34.5 Å². The molecule has 0 saturated carbocycles. The molecule has 1 heterocycles. The van der Waals surface area contributed by atoms with E-state index < -0.39 is 0 Å². The first kappa shape index (κ1) is 16.7. The molecular weight excluding hydrogens is 326 g/mol. The van der Waals surface area contributed by atoms with Gasteiger partial charge >= 0.3 is 0 Å². The fourth-order valence-electron chi connectivity index (χ4n) is 1.63. The molecule has 0 bridgehead atoms. The summed E-state index contributed by atoms with van der Waals surface area (Å²) in [5, 5.41) is 5.52. The third-order valence-electron chi connectivity index (χ3n) is 2.69. The first-order chi connectivity index (χ1) is 10.6. The van der Waals surface area contributed by atoms with E-state index in [0.717, 1.165) is 0 Å². The van der Waals surface area contributed by atoms with E-state index in [1.165, 1.54) is 11.3 Å². The average Bonchev–Trinajstić information content (AvgIpc) is 2.99. The quantitative estimate of drug-likeness (QED) is 0.756. The summed E-state index contributed by atoms with van der Waals surface area (Å²) in [5.41, 5.74) is 6.38. The molecule has 2 rings (SSSR count). The SMILES string of the molecule is COCCOc1ccc(NC(=O)c2csc(CN)n2)cc1Cl. The molecule has 8 heteroatoms. The minimum atomic E-state index is -0.305. The fraction of sp³-hybridized carbons (Fsp3) is 0.286. The minimum Gasteiger partial charge on any atom is -0.490 e. The fourth-order valence-corrected chi connectivity index (χ4v) is 2.52. The molecule has 0 fully saturated rings. The molecule has 0 radical (unpaired) electrons. The topological polar surface area (TPSA) is 86.5 Å². The number of thiazole rings is 1. The summed E-state index contributed by atoms with van der Waals surface area (Å²) in [6.07, 6.45) is 0. The van der Waals surface area contributed by atoms with Gasteiger partial charge in [-0.1, -0.05) is 11.6 Å². The van der Waals surface area contributed by atoms with Crippen LogP contribution < -0.4 is 15.8 Å². The third kappa shape index (κ3) is 4.41. The third-order valence-corrected chi connectivity index (χ3v) is 3.86. The largest absolute Gasteiger partial charge is 0.490 e. The lowest BCUT2D eigenvalue weighted by Gasteiger charge is -2.09. The molecule has 0 atom stereocenters. The van der Waals surface area contributed by atoms with Gasteiger partial charge in [0, 0.05) is 24.7 Å². The van der Waals surface area contributed by atoms with E-state index in [9.17, 15) is 4.79 Å². The normalized spacial score (nSPS) is 10.5. The summed E-state index contributed by atoms with van der Waals surface area (Å²) >= 11 is 7.47. The molecule has 1 amide bonds. The number of amides is 1. The Bertz CT molecular complexity index is 648. The summed E-state index contributed by atoms with van der Waals surface area (Å²) in [4.78, 5) is 16.2. The number of hydrogen-bond donors (Lipinski definition) is 2. The highest BCUT2D eigenvalue weighted by molar-refractivity contribution is 7.09. The van der Waals surface area contributed by atoms with Crippen LogP contribution in [0.4, 0.5) is 5.69 Å². The second-order valence-electron chi connectivity index (χ2n) is 4.27. The molecule has 0 aliphatic rings. The van der Waals surface area contributed by atoms with Gasteiger partial charge in [0.15, 0.2) is 0 Å². The van der Waals surface area contributed by atoms with Crippen molar-refractivity contribution < 1.29 is 14.3 Å². The highest BCUT2D eigenvalue weighted by Gasteiger charge is 2.11. The van der Waals surface area contributed by atoms with Crippen molar-refractivity contribution in [3.8, 4) is 5.75 Å². The van der Waals surface area contributed by atoms with Crippen LogP contribution >= 0.6 is 22.9 Å². The number of anilines is 1. The van der Waals surface area contributed by atoms with Crippen molar-refractivity contribution in [3.05, 3.63) is 39.3 Å². The zero-order valence-corrected chi connectivity index (χ0v) is 13.5. The Morgan fingerprint density at radius 1 is 1.45 bits per heavy atom. The predicted octanol–water partition coefficient (Wildman–Crippen LogP) is 2.53. The molecule has 1 aromatic carbocycles. The van der Waals surface area contributed by atoms with Crippen molar-refractivity contribution in [3.63, 3.8) is 0 Å². The number of ether oxygens (including phenoxy) is 2. The first-order valence-corrected chi connectivity index (χ1v) is 7.77. The van der Waals surface area contributed by atoms with Crippen LogP contribution in [0.3, 0.4) is 0 Å². The standard InChI is InChI=1S/C14H16ClN3O3S/c1-20-4-5-21-12-3-2-9(6-10(12)15)17-14(19)11-8-22-13(7-16)18-11/h2-3,6,8H,4-5,7,16H2,1H3,(H,17,19). The highest BCUT2D eigenvalue weighted by atomic mass is 35.5. The molecule has 6 nitrogen and oxygen atoms in total. The Kier molecular flexibility index (Phi) is 6.14. The Morgan fingerprint density at radius 2 is 2.27 bits per heavy atom. The number of halogens is 1. The van der Waals surface area contributed by atoms with Crippen LogP contribution in [-0.2, 0) is 11.3 Å². The van der Waals surface area contributed by atoms with Crippen LogP contribution in [-0.4, -0.2) is 31.2 Å². The zero-order valence-electron chi connectivity index (χ0n) is 12.0. The molecule has 118 valence electrons. The van der Waals surface area contributed by atoms with Crippen molar-refractivity contribution in [1.82, 2.24) is 4.98 Å². The summed E-state index contributed by atoms with van der Waals surface area (Å²) in [6.45, 7) is 1.20. The van der Waals surface area contributed by atoms with E-state index in [1.807, 2.05) is 0 Å². The second kappa shape index (κ2) is 8.09. The van der Waals surface area contributed by atoms with Crippen molar-refractivity contribution in [2.45, 2.75) is 6.54 Å². The van der Waals surface area contributed by atoms with E-state index in [0.29, 0.717) is 46.9 Å². The number of carbonyl (C=O) groups excluding carboxylic acids is 1. The Labute approximate surface area is 137 Å². The summed E-state index contributed by atoms with van der Waals surface area (Å²) in [7, 11) is 1.60. The van der Waals surface area contributed by atoms with Crippen LogP contribution in [0, 0.1) is 0 Å². The first-order valence-electron chi connectivity index (χ1n) is 6.51. The van der Waals surface area contributed by atoms with Gasteiger partial charge < -0.3 is 20.5 Å². The number of hydrogen-bond acceptors (Lipinski definition) is 6. The summed E-state index contributed by atoms with van der Waals surface area (Å²) in [5.74, 6) is 0.232. The number of methoxy groups -OCH3 is 1. The lowest BCUT2D eigenvalue weighted by atomic mass is 10.3. The maximum atomic E-state index is 12.1. The van der Waals surface area contributed by atoms with Gasteiger partial charge in [0.1, 0.15) is 23.1 Å². The lowest BCUT2D eigenvalue weighted by Crippen LogP contribution is -2.13. The molecule has 2 aromatic rings. The van der Waals surface area contributed by atoms with E-state index >= 15 is 0 Å². The maximum absolute atomic E-state index is 12.1. The summed E-state index contributed by atoms with van der Waals surface area (Å²) < 4.78 is 10.3. The van der Waals surface area contributed by atoms with Crippen molar-refractivity contribution in [2.24, 2.45) is 5.73 Å². The Morgan fingerprint density at radius 3 is 2.91 bits per heavy atom. The van der Waals surface area contributed by atoms with Crippen LogP contribution in [0.5, 0.6) is 5.75 Å². The van der Waals surface area contributed by atoms with Crippen molar-refractivity contribution in [2.75, 3.05) is 25.6 Å². The Balaban J connectivity index is 2.00. The van der Waals surface area contributed by atoms with Gasteiger partial charge in [0.25, 0.3) is 5.91 Å². The molecule has 3 N–H and O–H groups in total. The zero-order chi connectivity index (χ0) is 15.9. The van der Waals surface area contributed by atoms with Gasteiger partial charge in [-0.05, 0) is 18.2 Å². The molecular formula is C14H16ClN3O3S. The van der Waals surface area contributed by atoms with Crippen LogP contribution in [0.15, 0.2) is 23.6 Å². The molecule has 22 heavy (non-hydrogen) atoms. The van der Waals surface area contributed by atoms with Gasteiger partial charge in [-0.25, -0.2) is 4.98 Å². The van der Waals surface area contributed by atoms with E-state index in [4.69, 9.17) is 26.8 Å². The number of nitrogens with two attached hydrogens (primary N) is 1. The highest BCUT2D eigenvalue weighted by Crippen LogP contribution is 2.28. The monoisotopic (exact) mass is 341 g/mol. The number of nitrogens with zero attached hydrogens (tertiary/aromatic N) is 1. The number of aromatic nitrogens is 1. The van der Waals surface area contributed by atoms with E-state index in [-0.39, 0.29) is 5.91 Å². The number of rotatable bonds is 7. The van der Waals surface area contributed by atoms with Gasteiger partial charge in [-0.2, -0.15) is 0 Å². The molecule has 0 spiro atoms. The minimum absolute atomic E-state index is 0.305. The van der Waals surface area contributed by atoms with Gasteiger partial charge in [0.2, 0.25) is 0 Å². The lowest BCUT2D eigenvalue weighted by molar-refractivity contribution is 0.102. The predicted molar refractivity (Wildman–Crippen MR) is 86.8 cm³/mol. The van der Waals surface area contributed by atoms with Crippen molar-refractivity contribution in [1.29, 1.82) is 0 Å². The number of benzene rings is 1. The van der Waals surface area contributed by atoms with Crippen LogP contribution in [0.25, 0.3) is 0 Å². The second-order valence-corrected chi connectivity index (χ2v) is 5.62. The Hall–Kier alpha value is -1.67. The van der Waals surface area contributed by atoms with Gasteiger partial charge in [-0.3, -0.25) is 4.79 Å². The van der Waals surface area contributed by atoms with Gasteiger partial charge in [0.05, 0.1) is 11.6 Å². The molecule has 0 aliphatic heterocycles. The van der Waals surface area contributed by atoms with Crippen LogP contribution in [0.2, 0.25) is 5.02 Å². The van der Waals surface area contributed by atoms with E-state index in [2.05, 4.69) is 10.3 Å². The molecule has 1 aromatic heterocycles. The molecule has 0 saturated heterocycles. The van der Waals surface area contributed by atoms with Gasteiger partial charge in [-0.15, -0.1) is 11.3 Å². The smallest absolute Gasteiger partial charge is 0.275 e. The van der Waals surface area contributed by atoms with E-state index in [1.54, 1.807) is 30.7 Å². The summed E-state index contributed by atoms with van der Waals surface area (Å²) in [6, 6.07) is 5.03. The number of carbonyl (C=O) groups is 1. The average molecular weight is 342 g/mol. The van der Waals surface area contributed by atoms with Crippen LogP contribution in [0.1, 0.15) is 15.5 Å². The molecule has 0 aliphatic carbocycles. The number of nitrogens with one attached hydrogen (secondary N) is 1.